The topological polar surface area (TPSA) is 69.6 Å². The highest BCUT2D eigenvalue weighted by atomic mass is 32.2. The summed E-state index contributed by atoms with van der Waals surface area (Å²) in [5, 5.41) is 12.7. The molecule has 0 saturated heterocycles. The fourth-order valence-electron chi connectivity index (χ4n) is 1.36. The van der Waals surface area contributed by atoms with Crippen LogP contribution < -0.4 is 0 Å². The normalized spacial score (nSPS) is 13.2. The maximum Gasteiger partial charge on any atom is 0.239 e. The predicted octanol–water partition coefficient (Wildman–Crippen LogP) is 2.40. The summed E-state index contributed by atoms with van der Waals surface area (Å²) < 4.78 is 7.15. The van der Waals surface area contributed by atoms with E-state index in [9.17, 15) is 0 Å². The fraction of sp³-hybridized carbons (Fsp3) is 0.600. The summed E-state index contributed by atoms with van der Waals surface area (Å²) in [6.45, 7) is 8.00. The van der Waals surface area contributed by atoms with E-state index in [2.05, 4.69) is 34.2 Å². The Hall–Kier alpha value is -1.37. The van der Waals surface area contributed by atoms with Crippen molar-refractivity contribution in [2.24, 2.45) is 0 Å². The van der Waals surface area contributed by atoms with E-state index in [4.69, 9.17) is 4.52 Å². The van der Waals surface area contributed by atoms with Crippen molar-refractivity contribution in [2.45, 2.75) is 44.1 Å². The Morgan fingerprint density at radius 2 is 2.12 bits per heavy atom. The molecule has 1 atom stereocenters. The van der Waals surface area contributed by atoms with Gasteiger partial charge in [0.2, 0.25) is 5.89 Å². The average molecular weight is 253 g/mol. The molecule has 17 heavy (non-hydrogen) atoms. The quantitative estimate of drug-likeness (QED) is 0.779. The average Bonchev–Trinajstić information content (AvgIpc) is 2.86. The lowest BCUT2D eigenvalue weighted by molar-refractivity contribution is 0.376. The fourth-order valence-corrected chi connectivity index (χ4v) is 2.34. The summed E-state index contributed by atoms with van der Waals surface area (Å²) in [4.78, 5) is 4.21. The van der Waals surface area contributed by atoms with Gasteiger partial charge in [0.15, 0.2) is 11.0 Å². The maximum atomic E-state index is 5.14. The summed E-state index contributed by atoms with van der Waals surface area (Å²) >= 11 is 1.56. The van der Waals surface area contributed by atoms with Gasteiger partial charge in [-0.2, -0.15) is 4.98 Å². The first-order valence-electron chi connectivity index (χ1n) is 5.44. The largest absolute Gasteiger partial charge is 0.338 e. The van der Waals surface area contributed by atoms with E-state index in [0.29, 0.717) is 17.8 Å². The van der Waals surface area contributed by atoms with Gasteiger partial charge in [0.25, 0.3) is 0 Å². The summed E-state index contributed by atoms with van der Waals surface area (Å²) in [7, 11) is 0. The van der Waals surface area contributed by atoms with Crippen LogP contribution in [0.5, 0.6) is 0 Å². The van der Waals surface area contributed by atoms with Gasteiger partial charge in [-0.05, 0) is 27.7 Å². The summed E-state index contributed by atoms with van der Waals surface area (Å²) in [6.07, 6.45) is 1.73. The van der Waals surface area contributed by atoms with Crippen molar-refractivity contribution in [3.63, 3.8) is 0 Å². The molecule has 0 spiro atoms. The molecule has 0 radical (unpaired) electrons. The van der Waals surface area contributed by atoms with E-state index in [1.165, 1.54) is 0 Å². The van der Waals surface area contributed by atoms with Crippen molar-refractivity contribution < 1.29 is 4.52 Å². The van der Waals surface area contributed by atoms with Crippen LogP contribution >= 0.6 is 11.8 Å². The van der Waals surface area contributed by atoms with Crippen LogP contribution in [0.3, 0.4) is 0 Å². The molecule has 0 saturated carbocycles. The van der Waals surface area contributed by atoms with E-state index in [0.717, 1.165) is 5.16 Å². The standard InChI is InChI=1S/C10H15N5OS/c1-6(2)15-5-11-13-10(15)17-7(3)9-12-8(4)14-16-9/h5-7H,1-4H3. The number of hydrogen-bond acceptors (Lipinski definition) is 6. The van der Waals surface area contributed by atoms with Crippen LogP contribution in [0.1, 0.15) is 43.8 Å². The zero-order valence-corrected chi connectivity index (χ0v) is 11.1. The van der Waals surface area contributed by atoms with Gasteiger partial charge in [0.05, 0.1) is 5.25 Å². The molecule has 2 aromatic rings. The molecular weight excluding hydrogens is 238 g/mol. The number of aromatic nitrogens is 5. The molecule has 0 aliphatic heterocycles. The summed E-state index contributed by atoms with van der Waals surface area (Å²) in [5.74, 6) is 1.27. The second-order valence-electron chi connectivity index (χ2n) is 4.05. The van der Waals surface area contributed by atoms with Crippen LogP contribution in [0.25, 0.3) is 0 Å². The van der Waals surface area contributed by atoms with Crippen LogP contribution in [0.2, 0.25) is 0 Å². The van der Waals surface area contributed by atoms with Gasteiger partial charge in [-0.25, -0.2) is 0 Å². The number of nitrogens with zero attached hydrogens (tertiary/aromatic N) is 5. The minimum Gasteiger partial charge on any atom is -0.338 e. The Balaban J connectivity index is 2.13. The molecule has 0 aliphatic carbocycles. The maximum absolute atomic E-state index is 5.14. The first-order chi connectivity index (χ1) is 8.08. The number of rotatable bonds is 4. The van der Waals surface area contributed by atoms with Crippen LogP contribution in [-0.4, -0.2) is 24.9 Å². The monoisotopic (exact) mass is 253 g/mol. The van der Waals surface area contributed by atoms with Crippen molar-refractivity contribution in [1.82, 2.24) is 24.9 Å². The third kappa shape index (κ3) is 2.66. The van der Waals surface area contributed by atoms with Crippen molar-refractivity contribution in [3.8, 4) is 0 Å². The Morgan fingerprint density at radius 3 is 2.71 bits per heavy atom. The molecular formula is C10H15N5OS. The van der Waals surface area contributed by atoms with Crippen molar-refractivity contribution >= 4 is 11.8 Å². The Labute approximate surface area is 104 Å². The molecule has 7 heteroatoms. The van der Waals surface area contributed by atoms with E-state index in [1.54, 1.807) is 25.0 Å². The molecule has 6 nitrogen and oxygen atoms in total. The molecule has 2 rings (SSSR count). The van der Waals surface area contributed by atoms with Gasteiger partial charge in [-0.3, -0.25) is 0 Å². The number of hydrogen-bond donors (Lipinski definition) is 0. The highest BCUT2D eigenvalue weighted by Crippen LogP contribution is 2.33. The molecule has 1 unspecified atom stereocenters. The lowest BCUT2D eigenvalue weighted by Crippen LogP contribution is -2.02. The summed E-state index contributed by atoms with van der Waals surface area (Å²) in [6, 6.07) is 0.337. The molecule has 0 fully saturated rings. The zero-order valence-electron chi connectivity index (χ0n) is 10.3. The van der Waals surface area contributed by atoms with Crippen molar-refractivity contribution in [1.29, 1.82) is 0 Å². The SMILES string of the molecule is Cc1noc(C(C)Sc2nncn2C(C)C)n1. The second kappa shape index (κ2) is 4.87. The minimum atomic E-state index is 0.0675. The van der Waals surface area contributed by atoms with E-state index in [-0.39, 0.29) is 5.25 Å². The van der Waals surface area contributed by atoms with Gasteiger partial charge in [-0.15, -0.1) is 10.2 Å². The van der Waals surface area contributed by atoms with Crippen molar-refractivity contribution in [2.75, 3.05) is 0 Å². The molecule has 2 heterocycles. The van der Waals surface area contributed by atoms with Gasteiger partial charge < -0.3 is 9.09 Å². The molecule has 0 N–H and O–H groups in total. The zero-order chi connectivity index (χ0) is 12.4. The van der Waals surface area contributed by atoms with Gasteiger partial charge in [0, 0.05) is 6.04 Å². The van der Waals surface area contributed by atoms with Crippen molar-refractivity contribution in [3.05, 3.63) is 18.0 Å². The second-order valence-corrected chi connectivity index (χ2v) is 5.36. The van der Waals surface area contributed by atoms with E-state index < -0.39 is 0 Å². The predicted molar refractivity (Wildman–Crippen MR) is 63.7 cm³/mol. The lowest BCUT2D eigenvalue weighted by atomic mass is 10.4. The molecule has 0 aromatic carbocycles. The highest BCUT2D eigenvalue weighted by Gasteiger charge is 2.18. The first kappa shape index (κ1) is 12.1. The van der Waals surface area contributed by atoms with Gasteiger partial charge in [0.1, 0.15) is 6.33 Å². The molecule has 0 aliphatic rings. The van der Waals surface area contributed by atoms with Crippen LogP contribution in [-0.2, 0) is 0 Å². The Kier molecular flexibility index (Phi) is 3.46. The minimum absolute atomic E-state index is 0.0675. The third-order valence-electron chi connectivity index (χ3n) is 2.27. The smallest absolute Gasteiger partial charge is 0.239 e. The molecule has 2 aromatic heterocycles. The van der Waals surface area contributed by atoms with Gasteiger partial charge >= 0.3 is 0 Å². The first-order valence-corrected chi connectivity index (χ1v) is 6.32. The highest BCUT2D eigenvalue weighted by molar-refractivity contribution is 7.99. The number of aryl methyl sites for hydroxylation is 1. The van der Waals surface area contributed by atoms with E-state index >= 15 is 0 Å². The third-order valence-corrected chi connectivity index (χ3v) is 3.33. The Morgan fingerprint density at radius 1 is 1.35 bits per heavy atom. The number of thioether (sulfide) groups is 1. The lowest BCUT2D eigenvalue weighted by Gasteiger charge is -2.11. The van der Waals surface area contributed by atoms with E-state index in [1.807, 2.05) is 11.5 Å². The van der Waals surface area contributed by atoms with Crippen LogP contribution in [0.15, 0.2) is 16.0 Å². The molecule has 0 amide bonds. The summed E-state index contributed by atoms with van der Waals surface area (Å²) in [5.41, 5.74) is 0. The van der Waals surface area contributed by atoms with Crippen LogP contribution in [0.4, 0.5) is 0 Å². The Bertz CT molecular complexity index is 492. The molecule has 0 bridgehead atoms. The van der Waals surface area contributed by atoms with Crippen LogP contribution in [0, 0.1) is 6.92 Å². The van der Waals surface area contributed by atoms with Gasteiger partial charge in [-0.1, -0.05) is 16.9 Å². The molecule has 92 valence electrons.